The van der Waals surface area contributed by atoms with Crippen LogP contribution in [0.4, 0.5) is 5.69 Å². The molecule has 0 saturated heterocycles. The highest BCUT2D eigenvalue weighted by Crippen LogP contribution is 2.17. The van der Waals surface area contributed by atoms with Gasteiger partial charge in [0, 0.05) is 23.6 Å². The van der Waals surface area contributed by atoms with Gasteiger partial charge in [-0.1, -0.05) is 19.1 Å². The van der Waals surface area contributed by atoms with Gasteiger partial charge in [-0.25, -0.2) is 0 Å². The molecule has 22 heavy (non-hydrogen) atoms. The van der Waals surface area contributed by atoms with Gasteiger partial charge in [0.05, 0.1) is 5.69 Å². The minimum absolute atomic E-state index is 0.212. The van der Waals surface area contributed by atoms with Crippen molar-refractivity contribution < 1.29 is 4.79 Å². The molecule has 1 aromatic carbocycles. The van der Waals surface area contributed by atoms with E-state index in [9.17, 15) is 4.79 Å². The lowest BCUT2D eigenvalue weighted by atomic mass is 10.1. The van der Waals surface area contributed by atoms with Crippen molar-refractivity contribution in [2.75, 3.05) is 5.32 Å². The highest BCUT2D eigenvalue weighted by atomic mass is 16.1. The first kappa shape index (κ1) is 14.0. The Morgan fingerprint density at radius 2 is 2.14 bits per heavy atom. The maximum atomic E-state index is 12.3. The van der Waals surface area contributed by atoms with Gasteiger partial charge in [0.2, 0.25) is 0 Å². The topological polar surface area (TPSA) is 70.7 Å². The van der Waals surface area contributed by atoms with Gasteiger partial charge in [-0.2, -0.15) is 5.10 Å². The average Bonchev–Trinajstić information content (AvgIpc) is 3.06. The van der Waals surface area contributed by atoms with Crippen LogP contribution in [0.5, 0.6) is 0 Å². The van der Waals surface area contributed by atoms with E-state index in [0.29, 0.717) is 11.4 Å². The molecule has 0 spiro atoms. The maximum absolute atomic E-state index is 12.3. The van der Waals surface area contributed by atoms with Crippen LogP contribution in [0.1, 0.15) is 23.0 Å². The monoisotopic (exact) mass is 292 g/mol. The largest absolute Gasteiger partial charge is 0.321 e. The number of hydrogen-bond acceptors (Lipinski definition) is 3. The second kappa shape index (κ2) is 6.22. The number of aryl methyl sites for hydroxylation is 1. The smallest absolute Gasteiger partial charge is 0.273 e. The van der Waals surface area contributed by atoms with Gasteiger partial charge in [-0.3, -0.25) is 14.9 Å². The van der Waals surface area contributed by atoms with E-state index in [2.05, 4.69) is 27.4 Å². The number of rotatable bonds is 4. The Labute approximate surface area is 128 Å². The van der Waals surface area contributed by atoms with Crippen molar-refractivity contribution in [2.24, 2.45) is 0 Å². The number of aromatic nitrogens is 3. The Morgan fingerprint density at radius 1 is 1.23 bits per heavy atom. The number of benzene rings is 1. The van der Waals surface area contributed by atoms with Crippen molar-refractivity contribution in [1.29, 1.82) is 0 Å². The molecular formula is C17H16N4O. The lowest BCUT2D eigenvalue weighted by Crippen LogP contribution is -2.12. The summed E-state index contributed by atoms with van der Waals surface area (Å²) in [5.74, 6) is -0.212. The van der Waals surface area contributed by atoms with E-state index in [1.165, 1.54) is 5.56 Å². The van der Waals surface area contributed by atoms with Gasteiger partial charge in [0.15, 0.2) is 0 Å². The van der Waals surface area contributed by atoms with Crippen molar-refractivity contribution in [3.63, 3.8) is 0 Å². The van der Waals surface area contributed by atoms with Crippen molar-refractivity contribution in [1.82, 2.24) is 15.2 Å². The molecular weight excluding hydrogens is 276 g/mol. The van der Waals surface area contributed by atoms with E-state index in [1.807, 2.05) is 36.4 Å². The van der Waals surface area contributed by atoms with Crippen LogP contribution < -0.4 is 5.32 Å². The Balaban J connectivity index is 1.77. The van der Waals surface area contributed by atoms with E-state index >= 15 is 0 Å². The summed E-state index contributed by atoms with van der Waals surface area (Å²) in [5.41, 5.74) is 3.94. The van der Waals surface area contributed by atoms with Crippen LogP contribution in [0.15, 0.2) is 54.9 Å². The summed E-state index contributed by atoms with van der Waals surface area (Å²) in [6, 6.07) is 13.3. The number of hydrogen-bond donors (Lipinski definition) is 2. The molecule has 0 aliphatic rings. The normalized spacial score (nSPS) is 10.4. The number of aromatic amines is 1. The third-order valence-electron chi connectivity index (χ3n) is 3.37. The van der Waals surface area contributed by atoms with E-state index in [-0.39, 0.29) is 5.91 Å². The molecule has 2 heterocycles. The summed E-state index contributed by atoms with van der Waals surface area (Å²) in [6.07, 6.45) is 4.34. The highest BCUT2D eigenvalue weighted by molar-refractivity contribution is 6.03. The van der Waals surface area contributed by atoms with Crippen LogP contribution >= 0.6 is 0 Å². The average molecular weight is 292 g/mol. The lowest BCUT2D eigenvalue weighted by Gasteiger charge is -2.05. The van der Waals surface area contributed by atoms with Crippen LogP contribution in [-0.2, 0) is 6.42 Å². The van der Waals surface area contributed by atoms with Crippen molar-refractivity contribution in [3.8, 4) is 11.3 Å². The minimum Gasteiger partial charge on any atom is -0.321 e. The Hall–Kier alpha value is -2.95. The second-order valence-corrected chi connectivity index (χ2v) is 4.92. The standard InChI is InChI=1S/C17H16N4O/c1-2-12-5-3-7-14(9-12)19-17(22)16-10-15(20-21-16)13-6-4-8-18-11-13/h3-11H,2H2,1H3,(H,19,22)(H,20,21). The fraction of sp³-hybridized carbons (Fsp3) is 0.118. The molecule has 3 aromatic rings. The van der Waals surface area contributed by atoms with Gasteiger partial charge in [-0.05, 0) is 42.3 Å². The molecule has 0 atom stereocenters. The molecule has 5 nitrogen and oxygen atoms in total. The summed E-state index contributed by atoms with van der Waals surface area (Å²) in [5, 5.41) is 9.79. The second-order valence-electron chi connectivity index (χ2n) is 4.92. The molecule has 2 N–H and O–H groups in total. The predicted molar refractivity (Wildman–Crippen MR) is 85.6 cm³/mol. The van der Waals surface area contributed by atoms with Crippen LogP contribution in [0, 0.1) is 0 Å². The first-order valence-electron chi connectivity index (χ1n) is 7.12. The first-order valence-corrected chi connectivity index (χ1v) is 7.12. The zero-order valence-electron chi connectivity index (χ0n) is 12.2. The van der Waals surface area contributed by atoms with Crippen molar-refractivity contribution in [2.45, 2.75) is 13.3 Å². The van der Waals surface area contributed by atoms with E-state index in [0.717, 1.165) is 17.7 Å². The van der Waals surface area contributed by atoms with Gasteiger partial charge < -0.3 is 5.32 Å². The zero-order valence-corrected chi connectivity index (χ0v) is 12.2. The Kier molecular flexibility index (Phi) is 3.96. The van der Waals surface area contributed by atoms with E-state index < -0.39 is 0 Å². The van der Waals surface area contributed by atoms with Crippen molar-refractivity contribution >= 4 is 11.6 Å². The summed E-state index contributed by atoms with van der Waals surface area (Å²) in [4.78, 5) is 16.3. The summed E-state index contributed by atoms with van der Waals surface area (Å²) in [7, 11) is 0. The molecule has 0 unspecified atom stereocenters. The summed E-state index contributed by atoms with van der Waals surface area (Å²) < 4.78 is 0. The molecule has 0 bridgehead atoms. The molecule has 1 amide bonds. The molecule has 3 rings (SSSR count). The minimum atomic E-state index is -0.212. The molecule has 0 radical (unpaired) electrons. The number of nitrogens with one attached hydrogen (secondary N) is 2. The van der Waals surface area contributed by atoms with Crippen molar-refractivity contribution in [3.05, 3.63) is 66.1 Å². The number of carbonyl (C=O) groups excluding carboxylic acids is 1. The van der Waals surface area contributed by atoms with Crippen LogP contribution in [0.25, 0.3) is 11.3 Å². The zero-order chi connectivity index (χ0) is 15.4. The molecule has 0 fully saturated rings. The van der Waals surface area contributed by atoms with Crippen LogP contribution in [0.2, 0.25) is 0 Å². The number of amides is 1. The van der Waals surface area contributed by atoms with Gasteiger partial charge >= 0.3 is 0 Å². The van der Waals surface area contributed by atoms with Gasteiger partial charge in [0.25, 0.3) is 5.91 Å². The van der Waals surface area contributed by atoms with Gasteiger partial charge in [0.1, 0.15) is 5.69 Å². The lowest BCUT2D eigenvalue weighted by molar-refractivity contribution is 0.102. The Morgan fingerprint density at radius 3 is 2.91 bits per heavy atom. The van der Waals surface area contributed by atoms with Crippen LogP contribution in [0.3, 0.4) is 0 Å². The summed E-state index contributed by atoms with van der Waals surface area (Å²) in [6.45, 7) is 2.08. The molecule has 0 aliphatic heterocycles. The highest BCUT2D eigenvalue weighted by Gasteiger charge is 2.11. The first-order chi connectivity index (χ1) is 10.8. The van der Waals surface area contributed by atoms with E-state index in [4.69, 9.17) is 0 Å². The van der Waals surface area contributed by atoms with E-state index in [1.54, 1.807) is 18.5 Å². The third kappa shape index (κ3) is 3.03. The number of H-pyrrole nitrogens is 1. The molecule has 0 saturated carbocycles. The quantitative estimate of drug-likeness (QED) is 0.775. The Bertz CT molecular complexity index is 780. The fourth-order valence-electron chi connectivity index (χ4n) is 2.17. The number of anilines is 1. The van der Waals surface area contributed by atoms with Gasteiger partial charge in [-0.15, -0.1) is 0 Å². The third-order valence-corrected chi connectivity index (χ3v) is 3.37. The molecule has 110 valence electrons. The number of pyridine rings is 1. The summed E-state index contributed by atoms with van der Waals surface area (Å²) >= 11 is 0. The predicted octanol–water partition coefficient (Wildman–Crippen LogP) is 3.29. The molecule has 2 aromatic heterocycles. The SMILES string of the molecule is CCc1cccc(NC(=O)c2cc(-c3cccnc3)n[nH]2)c1. The number of carbonyl (C=O) groups is 1. The number of nitrogens with zero attached hydrogens (tertiary/aromatic N) is 2. The van der Waals surface area contributed by atoms with Crippen LogP contribution in [-0.4, -0.2) is 21.1 Å². The molecule has 5 heteroatoms. The molecule has 0 aliphatic carbocycles. The fourth-order valence-corrected chi connectivity index (χ4v) is 2.17. The maximum Gasteiger partial charge on any atom is 0.273 e.